The van der Waals surface area contributed by atoms with Gasteiger partial charge in [0.15, 0.2) is 0 Å². The molecule has 0 amide bonds. The van der Waals surface area contributed by atoms with Crippen LogP contribution in [-0.2, 0) is 22.7 Å². The molecule has 3 N–H and O–H groups in total. The summed E-state index contributed by atoms with van der Waals surface area (Å²) in [4.78, 5) is 18.2. The highest BCUT2D eigenvalue weighted by atomic mass is 16.4. The highest BCUT2D eigenvalue weighted by molar-refractivity contribution is 6.27. The van der Waals surface area contributed by atoms with E-state index in [4.69, 9.17) is 28.6 Å². The minimum atomic E-state index is -1.82. The predicted octanol–water partition coefficient (Wildman–Crippen LogP) is 1.32. The maximum atomic E-state index is 9.10. The van der Waals surface area contributed by atoms with Crippen LogP contribution in [0.4, 0.5) is 0 Å². The van der Waals surface area contributed by atoms with Gasteiger partial charge in [-0.1, -0.05) is 0 Å². The Balaban J connectivity index is 0.000000258. The summed E-state index contributed by atoms with van der Waals surface area (Å²) in [5.74, 6) is -1.77. The highest BCUT2D eigenvalue weighted by Crippen LogP contribution is 2.01. The molecule has 0 atom stereocenters. The molecule has 0 saturated heterocycles. The molecule has 0 unspecified atom stereocenters. The monoisotopic (exact) mass is 267 g/mol. The second kappa shape index (κ2) is 7.72. The molecule has 2 rings (SSSR count). The van der Waals surface area contributed by atoms with Gasteiger partial charge in [0.1, 0.15) is 11.5 Å². The van der Waals surface area contributed by atoms with E-state index >= 15 is 0 Å². The Morgan fingerprint density at radius 1 is 0.947 bits per heavy atom. The summed E-state index contributed by atoms with van der Waals surface area (Å²) >= 11 is 0. The van der Waals surface area contributed by atoms with Crippen molar-refractivity contribution in [2.45, 2.75) is 13.1 Å². The van der Waals surface area contributed by atoms with Gasteiger partial charge in [-0.2, -0.15) is 0 Å². The molecule has 0 aromatic carbocycles. The first kappa shape index (κ1) is 14.5. The van der Waals surface area contributed by atoms with Gasteiger partial charge in [0.05, 0.1) is 25.6 Å². The molecule has 0 aliphatic carbocycles. The van der Waals surface area contributed by atoms with E-state index in [9.17, 15) is 0 Å². The SMILES string of the molecule is O=C(O)C(=O)O.c1coc(CNCc2ccco2)c1. The summed E-state index contributed by atoms with van der Waals surface area (Å²) in [6, 6.07) is 7.64. The normalized spacial score (nSPS) is 9.47. The number of carboxylic acid groups (broad SMARTS) is 2. The van der Waals surface area contributed by atoms with Crippen LogP contribution in [0.5, 0.6) is 0 Å². The third kappa shape index (κ3) is 6.08. The number of nitrogens with one attached hydrogen (secondary N) is 1. The fourth-order valence-corrected chi connectivity index (χ4v) is 1.14. The summed E-state index contributed by atoms with van der Waals surface area (Å²) < 4.78 is 10.3. The van der Waals surface area contributed by atoms with Gasteiger partial charge in [-0.15, -0.1) is 0 Å². The third-order valence-corrected chi connectivity index (χ3v) is 1.94. The molecular weight excluding hydrogens is 254 g/mol. The Morgan fingerprint density at radius 3 is 1.63 bits per heavy atom. The van der Waals surface area contributed by atoms with E-state index in [1.54, 1.807) is 12.5 Å². The summed E-state index contributed by atoms with van der Waals surface area (Å²) in [5, 5.41) is 18.0. The smallest absolute Gasteiger partial charge is 0.414 e. The minimum absolute atomic E-state index is 0.730. The van der Waals surface area contributed by atoms with Gasteiger partial charge in [-0.05, 0) is 24.3 Å². The first-order valence-corrected chi connectivity index (χ1v) is 5.31. The van der Waals surface area contributed by atoms with Crippen molar-refractivity contribution in [2.24, 2.45) is 0 Å². The second-order valence-corrected chi connectivity index (χ2v) is 3.37. The van der Waals surface area contributed by atoms with Crippen LogP contribution >= 0.6 is 0 Å². The van der Waals surface area contributed by atoms with Crippen molar-refractivity contribution in [3.63, 3.8) is 0 Å². The van der Waals surface area contributed by atoms with E-state index in [0.717, 1.165) is 24.6 Å². The van der Waals surface area contributed by atoms with Crippen LogP contribution in [0.1, 0.15) is 11.5 Å². The van der Waals surface area contributed by atoms with Crippen molar-refractivity contribution in [2.75, 3.05) is 0 Å². The molecule has 2 aromatic heterocycles. The van der Waals surface area contributed by atoms with Crippen LogP contribution in [0.15, 0.2) is 45.6 Å². The van der Waals surface area contributed by atoms with Gasteiger partial charge in [-0.3, -0.25) is 0 Å². The Hall–Kier alpha value is -2.54. The predicted molar refractivity (Wildman–Crippen MR) is 63.2 cm³/mol. The van der Waals surface area contributed by atoms with Crippen molar-refractivity contribution in [3.05, 3.63) is 48.3 Å². The van der Waals surface area contributed by atoms with E-state index in [1.807, 2.05) is 24.3 Å². The maximum Gasteiger partial charge on any atom is 0.414 e. The lowest BCUT2D eigenvalue weighted by Crippen LogP contribution is -2.11. The quantitative estimate of drug-likeness (QED) is 0.716. The standard InChI is InChI=1S/C10H11NO2.C2H2O4/c1-3-9(12-5-1)7-11-8-10-4-2-6-13-10;3-1(4)2(5)6/h1-6,11H,7-8H2;(H,3,4)(H,5,6). The fourth-order valence-electron chi connectivity index (χ4n) is 1.14. The molecule has 2 heterocycles. The van der Waals surface area contributed by atoms with Crippen LogP contribution < -0.4 is 5.32 Å². The fraction of sp³-hybridized carbons (Fsp3) is 0.167. The molecule has 102 valence electrons. The summed E-state index contributed by atoms with van der Waals surface area (Å²) in [5.41, 5.74) is 0. The first-order chi connectivity index (χ1) is 9.09. The topological polar surface area (TPSA) is 113 Å². The zero-order valence-electron chi connectivity index (χ0n) is 9.91. The Labute approximate surface area is 108 Å². The lowest BCUT2D eigenvalue weighted by atomic mass is 10.4. The molecule has 0 aliphatic heterocycles. The van der Waals surface area contributed by atoms with Gasteiger partial charge >= 0.3 is 11.9 Å². The molecule has 2 aromatic rings. The molecular formula is C12H13NO6. The molecule has 7 heteroatoms. The number of hydrogen-bond donors (Lipinski definition) is 3. The van der Waals surface area contributed by atoms with E-state index in [0.29, 0.717) is 0 Å². The average Bonchev–Trinajstić information content (AvgIpc) is 3.02. The van der Waals surface area contributed by atoms with E-state index in [1.165, 1.54) is 0 Å². The van der Waals surface area contributed by atoms with Crippen LogP contribution in [0.2, 0.25) is 0 Å². The number of furan rings is 2. The molecule has 0 bridgehead atoms. The van der Waals surface area contributed by atoms with Crippen LogP contribution in [-0.4, -0.2) is 22.2 Å². The summed E-state index contributed by atoms with van der Waals surface area (Å²) in [7, 11) is 0. The molecule has 0 aliphatic rings. The molecule has 0 fully saturated rings. The number of rotatable bonds is 4. The largest absolute Gasteiger partial charge is 0.473 e. The Morgan fingerprint density at radius 2 is 1.37 bits per heavy atom. The Bertz CT molecular complexity index is 442. The van der Waals surface area contributed by atoms with Gasteiger partial charge < -0.3 is 24.4 Å². The molecule has 7 nitrogen and oxygen atoms in total. The van der Waals surface area contributed by atoms with Crippen molar-refractivity contribution in [3.8, 4) is 0 Å². The molecule has 0 saturated carbocycles. The van der Waals surface area contributed by atoms with Gasteiger partial charge in [0, 0.05) is 0 Å². The van der Waals surface area contributed by atoms with Crippen molar-refractivity contribution >= 4 is 11.9 Å². The first-order valence-electron chi connectivity index (χ1n) is 5.31. The van der Waals surface area contributed by atoms with Crippen LogP contribution in [0, 0.1) is 0 Å². The van der Waals surface area contributed by atoms with Crippen LogP contribution in [0.25, 0.3) is 0 Å². The highest BCUT2D eigenvalue weighted by Gasteiger charge is 2.04. The summed E-state index contributed by atoms with van der Waals surface area (Å²) in [6.07, 6.45) is 3.34. The van der Waals surface area contributed by atoms with Gasteiger partial charge in [0.2, 0.25) is 0 Å². The van der Waals surface area contributed by atoms with E-state index in [2.05, 4.69) is 5.32 Å². The second-order valence-electron chi connectivity index (χ2n) is 3.37. The molecule has 0 radical (unpaired) electrons. The molecule has 0 spiro atoms. The van der Waals surface area contributed by atoms with E-state index < -0.39 is 11.9 Å². The van der Waals surface area contributed by atoms with E-state index in [-0.39, 0.29) is 0 Å². The number of aliphatic carboxylic acids is 2. The lowest BCUT2D eigenvalue weighted by Gasteiger charge is -1.98. The number of hydrogen-bond acceptors (Lipinski definition) is 5. The van der Waals surface area contributed by atoms with Crippen molar-refractivity contribution < 1.29 is 28.6 Å². The van der Waals surface area contributed by atoms with Crippen molar-refractivity contribution in [1.29, 1.82) is 0 Å². The van der Waals surface area contributed by atoms with Crippen molar-refractivity contribution in [1.82, 2.24) is 5.32 Å². The summed E-state index contributed by atoms with van der Waals surface area (Å²) in [6.45, 7) is 1.46. The van der Waals surface area contributed by atoms with Crippen LogP contribution in [0.3, 0.4) is 0 Å². The van der Waals surface area contributed by atoms with Gasteiger partial charge in [-0.25, -0.2) is 9.59 Å². The maximum absolute atomic E-state index is 9.10. The minimum Gasteiger partial charge on any atom is -0.473 e. The molecule has 19 heavy (non-hydrogen) atoms. The number of carboxylic acids is 2. The third-order valence-electron chi connectivity index (χ3n) is 1.94. The lowest BCUT2D eigenvalue weighted by molar-refractivity contribution is -0.159. The van der Waals surface area contributed by atoms with Gasteiger partial charge in [0.25, 0.3) is 0 Å². The zero-order chi connectivity index (χ0) is 14.1. The number of carbonyl (C=O) groups is 2. The average molecular weight is 267 g/mol. The Kier molecular flexibility index (Phi) is 5.90. The zero-order valence-corrected chi connectivity index (χ0v) is 9.91.